The number of aromatic nitrogens is 2. The topological polar surface area (TPSA) is 37.8 Å². The summed E-state index contributed by atoms with van der Waals surface area (Å²) >= 11 is 3.58. The van der Waals surface area contributed by atoms with Gasteiger partial charge in [-0.05, 0) is 43.3 Å². The van der Waals surface area contributed by atoms with E-state index in [2.05, 4.69) is 26.7 Å². The van der Waals surface area contributed by atoms with E-state index in [0.29, 0.717) is 0 Å². The summed E-state index contributed by atoms with van der Waals surface area (Å²) in [6.07, 6.45) is 4.28. The molecule has 17 heavy (non-hydrogen) atoms. The summed E-state index contributed by atoms with van der Waals surface area (Å²) in [5.74, 6) is 2.02. The lowest BCUT2D eigenvalue weighted by Gasteiger charge is -2.21. The molecular formula is C12H15N3S2. The van der Waals surface area contributed by atoms with Crippen molar-refractivity contribution < 1.29 is 0 Å². The van der Waals surface area contributed by atoms with Gasteiger partial charge in [-0.2, -0.15) is 0 Å². The number of hydrogen-bond acceptors (Lipinski definition) is 5. The van der Waals surface area contributed by atoms with E-state index in [4.69, 9.17) is 0 Å². The molecule has 0 aromatic carbocycles. The molecule has 0 bridgehead atoms. The molecular weight excluding hydrogens is 250 g/mol. The van der Waals surface area contributed by atoms with E-state index in [1.165, 1.54) is 37.1 Å². The van der Waals surface area contributed by atoms with Crippen molar-refractivity contribution in [3.63, 3.8) is 0 Å². The molecule has 1 N–H and O–H groups in total. The Labute approximate surface area is 109 Å². The Morgan fingerprint density at radius 2 is 2.24 bits per heavy atom. The summed E-state index contributed by atoms with van der Waals surface area (Å²) in [5, 5.41) is 7.86. The molecule has 0 amide bonds. The molecule has 1 aliphatic rings. The van der Waals surface area contributed by atoms with Gasteiger partial charge in [0, 0.05) is 11.1 Å². The molecule has 0 spiro atoms. The highest BCUT2D eigenvalue weighted by Crippen LogP contribution is 2.30. The number of piperidine rings is 1. The third-order valence-electron chi connectivity index (χ3n) is 3.14. The summed E-state index contributed by atoms with van der Waals surface area (Å²) in [6, 6.07) is 2.13. The molecule has 0 atom stereocenters. The SMILES string of the molecule is c1nc(SCC2CCNCC2)c2ccsc2n1. The Kier molecular flexibility index (Phi) is 3.59. The van der Waals surface area contributed by atoms with Crippen LogP contribution in [0, 0.1) is 5.92 Å². The van der Waals surface area contributed by atoms with Crippen molar-refractivity contribution in [3.05, 3.63) is 17.8 Å². The van der Waals surface area contributed by atoms with Crippen LogP contribution < -0.4 is 5.32 Å². The predicted molar refractivity (Wildman–Crippen MR) is 73.7 cm³/mol. The Balaban J connectivity index is 1.69. The van der Waals surface area contributed by atoms with E-state index < -0.39 is 0 Å². The Morgan fingerprint density at radius 3 is 3.12 bits per heavy atom. The van der Waals surface area contributed by atoms with Crippen molar-refractivity contribution in [3.8, 4) is 0 Å². The molecule has 3 nitrogen and oxygen atoms in total. The van der Waals surface area contributed by atoms with Crippen molar-refractivity contribution in [1.29, 1.82) is 0 Å². The number of nitrogens with one attached hydrogen (secondary N) is 1. The van der Waals surface area contributed by atoms with Gasteiger partial charge in [-0.25, -0.2) is 9.97 Å². The van der Waals surface area contributed by atoms with Crippen LogP contribution in [0.5, 0.6) is 0 Å². The fourth-order valence-corrected chi connectivity index (χ4v) is 4.09. The first-order valence-corrected chi connectivity index (χ1v) is 7.82. The van der Waals surface area contributed by atoms with E-state index in [1.807, 2.05) is 11.8 Å². The van der Waals surface area contributed by atoms with E-state index >= 15 is 0 Å². The van der Waals surface area contributed by atoms with Gasteiger partial charge < -0.3 is 5.32 Å². The van der Waals surface area contributed by atoms with E-state index in [9.17, 15) is 0 Å². The standard InChI is InChI=1S/C12H15N3S2/c1-4-13-5-2-9(1)7-17-12-10-3-6-16-11(10)14-8-15-12/h3,6,8-9,13H,1-2,4-5,7H2. The van der Waals surface area contributed by atoms with Crippen LogP contribution in [-0.4, -0.2) is 28.8 Å². The van der Waals surface area contributed by atoms with Crippen molar-refractivity contribution >= 4 is 33.3 Å². The highest BCUT2D eigenvalue weighted by Gasteiger charge is 2.14. The van der Waals surface area contributed by atoms with Gasteiger partial charge in [0.25, 0.3) is 0 Å². The first-order valence-electron chi connectivity index (χ1n) is 5.95. The number of thioether (sulfide) groups is 1. The molecule has 3 rings (SSSR count). The molecule has 90 valence electrons. The number of rotatable bonds is 3. The number of fused-ring (bicyclic) bond motifs is 1. The summed E-state index contributed by atoms with van der Waals surface area (Å²) in [4.78, 5) is 9.79. The molecule has 2 aromatic rings. The van der Waals surface area contributed by atoms with Gasteiger partial charge in [-0.3, -0.25) is 0 Å². The quantitative estimate of drug-likeness (QED) is 0.684. The zero-order chi connectivity index (χ0) is 11.5. The molecule has 1 fully saturated rings. The summed E-state index contributed by atoms with van der Waals surface area (Å²) in [5.41, 5.74) is 0. The molecule has 5 heteroatoms. The second-order valence-corrected chi connectivity index (χ2v) is 6.23. The summed E-state index contributed by atoms with van der Waals surface area (Å²) < 4.78 is 0. The van der Waals surface area contributed by atoms with Gasteiger partial charge in [0.05, 0.1) is 0 Å². The van der Waals surface area contributed by atoms with E-state index in [1.54, 1.807) is 17.7 Å². The van der Waals surface area contributed by atoms with Crippen LogP contribution in [-0.2, 0) is 0 Å². The molecule has 0 saturated carbocycles. The van der Waals surface area contributed by atoms with Gasteiger partial charge in [-0.15, -0.1) is 23.1 Å². The van der Waals surface area contributed by atoms with Crippen LogP contribution in [0.15, 0.2) is 22.8 Å². The maximum absolute atomic E-state index is 4.41. The molecule has 2 aromatic heterocycles. The minimum Gasteiger partial charge on any atom is -0.317 e. The van der Waals surface area contributed by atoms with Gasteiger partial charge in [0.2, 0.25) is 0 Å². The molecule has 1 aliphatic heterocycles. The summed E-state index contributed by atoms with van der Waals surface area (Å²) in [6.45, 7) is 2.34. The van der Waals surface area contributed by atoms with Crippen molar-refractivity contribution in [1.82, 2.24) is 15.3 Å². The maximum atomic E-state index is 4.41. The molecule has 1 saturated heterocycles. The number of hydrogen-bond donors (Lipinski definition) is 1. The predicted octanol–water partition coefficient (Wildman–Crippen LogP) is 2.78. The highest BCUT2D eigenvalue weighted by atomic mass is 32.2. The van der Waals surface area contributed by atoms with Crippen molar-refractivity contribution in [2.45, 2.75) is 17.9 Å². The fraction of sp³-hybridized carbons (Fsp3) is 0.500. The van der Waals surface area contributed by atoms with Crippen LogP contribution in [0.25, 0.3) is 10.2 Å². The third kappa shape index (κ3) is 2.61. The Morgan fingerprint density at radius 1 is 1.35 bits per heavy atom. The summed E-state index contributed by atoms with van der Waals surface area (Å²) in [7, 11) is 0. The third-order valence-corrected chi connectivity index (χ3v) is 5.20. The van der Waals surface area contributed by atoms with Crippen molar-refractivity contribution in [2.75, 3.05) is 18.8 Å². The first-order chi connectivity index (χ1) is 8.43. The highest BCUT2D eigenvalue weighted by molar-refractivity contribution is 7.99. The zero-order valence-corrected chi connectivity index (χ0v) is 11.2. The monoisotopic (exact) mass is 265 g/mol. The van der Waals surface area contributed by atoms with Gasteiger partial charge in [0.1, 0.15) is 16.2 Å². The second kappa shape index (κ2) is 5.33. The van der Waals surface area contributed by atoms with Crippen LogP contribution in [0.2, 0.25) is 0 Å². The van der Waals surface area contributed by atoms with E-state index in [0.717, 1.165) is 15.8 Å². The van der Waals surface area contributed by atoms with Crippen LogP contribution in [0.4, 0.5) is 0 Å². The number of nitrogens with zero attached hydrogens (tertiary/aromatic N) is 2. The largest absolute Gasteiger partial charge is 0.317 e. The lowest BCUT2D eigenvalue weighted by Crippen LogP contribution is -2.28. The zero-order valence-electron chi connectivity index (χ0n) is 9.56. The van der Waals surface area contributed by atoms with Crippen molar-refractivity contribution in [2.24, 2.45) is 5.92 Å². The van der Waals surface area contributed by atoms with Gasteiger partial charge in [0.15, 0.2) is 0 Å². The molecule has 0 aliphatic carbocycles. The van der Waals surface area contributed by atoms with Gasteiger partial charge in [-0.1, -0.05) is 0 Å². The lowest BCUT2D eigenvalue weighted by molar-refractivity contribution is 0.408. The first kappa shape index (κ1) is 11.4. The van der Waals surface area contributed by atoms with Crippen LogP contribution in [0.3, 0.4) is 0 Å². The molecule has 3 heterocycles. The average Bonchev–Trinajstić information content (AvgIpc) is 2.86. The normalized spacial score (nSPS) is 17.6. The van der Waals surface area contributed by atoms with E-state index in [-0.39, 0.29) is 0 Å². The second-order valence-electron chi connectivity index (χ2n) is 4.32. The minimum absolute atomic E-state index is 0.838. The number of thiophene rings is 1. The average molecular weight is 265 g/mol. The Bertz CT molecular complexity index is 491. The van der Waals surface area contributed by atoms with Crippen LogP contribution >= 0.6 is 23.1 Å². The molecule has 0 unspecified atom stereocenters. The maximum Gasteiger partial charge on any atom is 0.127 e. The lowest BCUT2D eigenvalue weighted by atomic mass is 10.0. The van der Waals surface area contributed by atoms with Crippen LogP contribution in [0.1, 0.15) is 12.8 Å². The Hall–Kier alpha value is -0.650. The molecule has 0 radical (unpaired) electrons. The minimum atomic E-state index is 0.838. The fourth-order valence-electron chi connectivity index (χ4n) is 2.13. The van der Waals surface area contributed by atoms with Gasteiger partial charge >= 0.3 is 0 Å². The smallest absolute Gasteiger partial charge is 0.127 e.